The number of esters is 1. The first kappa shape index (κ1) is 12.6. The summed E-state index contributed by atoms with van der Waals surface area (Å²) in [4.78, 5) is 11.1. The van der Waals surface area contributed by atoms with E-state index in [4.69, 9.17) is 0 Å². The minimum absolute atomic E-state index is 0.0643. The Morgan fingerprint density at radius 2 is 2.07 bits per heavy atom. The molecular weight excluding hydrogens is 331 g/mol. The normalized spacial score (nSPS) is 10.1. The number of carbonyl (C=O) groups is 1. The lowest BCUT2D eigenvalue weighted by Gasteiger charge is -2.07. The van der Waals surface area contributed by atoms with Gasteiger partial charge in [-0.2, -0.15) is 0 Å². The number of carbonyl (C=O) groups excluding carboxylic acids is 1. The summed E-state index contributed by atoms with van der Waals surface area (Å²) in [6, 6.07) is 2.74. The molecule has 0 aliphatic carbocycles. The lowest BCUT2D eigenvalue weighted by molar-refractivity contribution is -0.139. The van der Waals surface area contributed by atoms with Crippen LogP contribution in [0.3, 0.4) is 0 Å². The Balaban J connectivity index is 3.06. The Morgan fingerprint density at radius 3 is 2.60 bits per heavy atom. The highest BCUT2D eigenvalue weighted by atomic mass is 79.9. The smallest absolute Gasteiger partial charge is 0.310 e. The predicted octanol–water partition coefficient (Wildman–Crippen LogP) is 3.20. The first-order chi connectivity index (χ1) is 7.08. The molecule has 0 saturated carbocycles. The third-order valence-electron chi connectivity index (χ3n) is 1.89. The van der Waals surface area contributed by atoms with Crippen LogP contribution in [-0.4, -0.2) is 13.1 Å². The lowest BCUT2D eigenvalue weighted by Crippen LogP contribution is -2.06. The van der Waals surface area contributed by atoms with Gasteiger partial charge in [-0.05, 0) is 23.3 Å². The van der Waals surface area contributed by atoms with E-state index in [9.17, 15) is 9.18 Å². The van der Waals surface area contributed by atoms with Gasteiger partial charge in [0, 0.05) is 9.80 Å². The van der Waals surface area contributed by atoms with Gasteiger partial charge < -0.3 is 4.74 Å². The number of halogens is 3. The van der Waals surface area contributed by atoms with Crippen LogP contribution in [0.2, 0.25) is 0 Å². The SMILES string of the molecule is COC(=O)Cc1cc(F)cc(CBr)c1Br. The van der Waals surface area contributed by atoms with Crippen molar-refractivity contribution in [2.45, 2.75) is 11.8 Å². The summed E-state index contributed by atoms with van der Waals surface area (Å²) in [5, 5.41) is 0.527. The maximum atomic E-state index is 13.2. The third kappa shape index (κ3) is 3.28. The Labute approximate surface area is 104 Å². The Bertz CT molecular complexity index is 380. The summed E-state index contributed by atoms with van der Waals surface area (Å²) >= 11 is 6.58. The molecule has 0 atom stereocenters. The van der Waals surface area contributed by atoms with E-state index in [1.165, 1.54) is 19.2 Å². The average Bonchev–Trinajstić information content (AvgIpc) is 2.22. The second kappa shape index (κ2) is 5.61. The molecule has 1 aromatic carbocycles. The molecule has 15 heavy (non-hydrogen) atoms. The van der Waals surface area contributed by atoms with Crippen molar-refractivity contribution >= 4 is 37.8 Å². The number of methoxy groups -OCH3 is 1. The van der Waals surface area contributed by atoms with Crippen LogP contribution in [0.15, 0.2) is 16.6 Å². The van der Waals surface area contributed by atoms with Gasteiger partial charge in [-0.25, -0.2) is 4.39 Å². The standard InChI is InChI=1S/C10H9Br2FO2/c1-15-9(14)4-6-2-8(13)3-7(5-11)10(6)12/h2-3H,4-5H2,1H3. The van der Waals surface area contributed by atoms with Crippen molar-refractivity contribution in [1.82, 2.24) is 0 Å². The fourth-order valence-electron chi connectivity index (χ4n) is 1.16. The summed E-state index contributed by atoms with van der Waals surface area (Å²) < 4.78 is 18.4. The fraction of sp³-hybridized carbons (Fsp3) is 0.300. The predicted molar refractivity (Wildman–Crippen MR) is 62.5 cm³/mol. The van der Waals surface area contributed by atoms with Crippen LogP contribution >= 0.6 is 31.9 Å². The largest absolute Gasteiger partial charge is 0.469 e. The number of alkyl halides is 1. The quantitative estimate of drug-likeness (QED) is 0.624. The van der Waals surface area contributed by atoms with E-state index in [0.29, 0.717) is 10.9 Å². The van der Waals surface area contributed by atoms with Crippen molar-refractivity contribution in [2.75, 3.05) is 7.11 Å². The van der Waals surface area contributed by atoms with E-state index in [0.717, 1.165) is 10.0 Å². The van der Waals surface area contributed by atoms with Crippen LogP contribution in [0.1, 0.15) is 11.1 Å². The number of benzene rings is 1. The van der Waals surface area contributed by atoms with Crippen LogP contribution in [0.5, 0.6) is 0 Å². The highest BCUT2D eigenvalue weighted by Crippen LogP contribution is 2.26. The first-order valence-corrected chi connectivity index (χ1v) is 6.09. The number of hydrogen-bond acceptors (Lipinski definition) is 2. The number of hydrogen-bond donors (Lipinski definition) is 0. The molecule has 0 saturated heterocycles. The van der Waals surface area contributed by atoms with Crippen molar-refractivity contribution in [1.29, 1.82) is 0 Å². The minimum atomic E-state index is -0.387. The molecular formula is C10H9Br2FO2. The van der Waals surface area contributed by atoms with Crippen LogP contribution in [-0.2, 0) is 21.3 Å². The molecule has 1 aromatic rings. The van der Waals surface area contributed by atoms with Gasteiger partial charge >= 0.3 is 5.97 Å². The second-order valence-electron chi connectivity index (χ2n) is 2.92. The lowest BCUT2D eigenvalue weighted by atomic mass is 10.1. The van der Waals surface area contributed by atoms with E-state index in [-0.39, 0.29) is 18.2 Å². The maximum Gasteiger partial charge on any atom is 0.310 e. The second-order valence-corrected chi connectivity index (χ2v) is 4.28. The van der Waals surface area contributed by atoms with Gasteiger partial charge in [-0.15, -0.1) is 0 Å². The molecule has 5 heteroatoms. The van der Waals surface area contributed by atoms with Gasteiger partial charge in [0.05, 0.1) is 13.5 Å². The Morgan fingerprint density at radius 1 is 1.47 bits per heavy atom. The molecule has 82 valence electrons. The molecule has 0 aliphatic heterocycles. The fourth-order valence-corrected chi connectivity index (χ4v) is 2.49. The van der Waals surface area contributed by atoms with Crippen molar-refractivity contribution in [3.63, 3.8) is 0 Å². The van der Waals surface area contributed by atoms with Crippen molar-refractivity contribution in [3.8, 4) is 0 Å². The number of rotatable bonds is 3. The molecule has 0 heterocycles. The first-order valence-electron chi connectivity index (χ1n) is 4.18. The molecule has 2 nitrogen and oxygen atoms in total. The van der Waals surface area contributed by atoms with Gasteiger partial charge in [0.1, 0.15) is 5.82 Å². The number of ether oxygens (including phenoxy) is 1. The molecule has 0 amide bonds. The summed E-state index contributed by atoms with van der Waals surface area (Å²) in [5.74, 6) is -0.742. The Kier molecular flexibility index (Phi) is 4.73. The van der Waals surface area contributed by atoms with Gasteiger partial charge in [0.25, 0.3) is 0 Å². The van der Waals surface area contributed by atoms with Gasteiger partial charge in [0.2, 0.25) is 0 Å². The highest BCUT2D eigenvalue weighted by molar-refractivity contribution is 9.10. The zero-order chi connectivity index (χ0) is 11.4. The van der Waals surface area contributed by atoms with Crippen LogP contribution < -0.4 is 0 Å². The molecule has 0 fully saturated rings. The molecule has 0 radical (unpaired) electrons. The molecule has 0 unspecified atom stereocenters. The summed E-state index contributed by atoms with van der Waals surface area (Å²) in [6.45, 7) is 0. The van der Waals surface area contributed by atoms with E-state index in [1.54, 1.807) is 0 Å². The maximum absolute atomic E-state index is 13.2. The Hall–Kier alpha value is -0.420. The zero-order valence-corrected chi connectivity index (χ0v) is 11.2. The van der Waals surface area contributed by atoms with Gasteiger partial charge in [-0.1, -0.05) is 31.9 Å². The van der Waals surface area contributed by atoms with Gasteiger partial charge in [0.15, 0.2) is 0 Å². The molecule has 0 aliphatic rings. The molecule has 0 N–H and O–H groups in total. The van der Waals surface area contributed by atoms with Gasteiger partial charge in [-0.3, -0.25) is 4.79 Å². The van der Waals surface area contributed by atoms with Crippen molar-refractivity contribution in [3.05, 3.63) is 33.5 Å². The zero-order valence-electron chi connectivity index (χ0n) is 8.02. The third-order valence-corrected chi connectivity index (χ3v) is 3.52. The van der Waals surface area contributed by atoms with Crippen LogP contribution in [0, 0.1) is 5.82 Å². The molecule has 0 bridgehead atoms. The highest BCUT2D eigenvalue weighted by Gasteiger charge is 2.11. The van der Waals surface area contributed by atoms with Crippen LogP contribution in [0.25, 0.3) is 0 Å². The summed E-state index contributed by atoms with van der Waals surface area (Å²) in [6.07, 6.45) is 0.0643. The summed E-state index contributed by atoms with van der Waals surface area (Å²) in [5.41, 5.74) is 1.37. The van der Waals surface area contributed by atoms with E-state index < -0.39 is 0 Å². The molecule has 0 spiro atoms. The van der Waals surface area contributed by atoms with Crippen molar-refractivity contribution in [2.24, 2.45) is 0 Å². The topological polar surface area (TPSA) is 26.3 Å². The van der Waals surface area contributed by atoms with E-state index in [2.05, 4.69) is 36.6 Å². The summed E-state index contributed by atoms with van der Waals surface area (Å²) in [7, 11) is 1.31. The minimum Gasteiger partial charge on any atom is -0.469 e. The monoisotopic (exact) mass is 338 g/mol. The van der Waals surface area contributed by atoms with E-state index >= 15 is 0 Å². The van der Waals surface area contributed by atoms with Crippen LogP contribution in [0.4, 0.5) is 4.39 Å². The average molecular weight is 340 g/mol. The molecule has 1 rings (SSSR count). The van der Waals surface area contributed by atoms with E-state index in [1.807, 2.05) is 0 Å². The molecule has 0 aromatic heterocycles. The van der Waals surface area contributed by atoms with Crippen molar-refractivity contribution < 1.29 is 13.9 Å².